The molecule has 0 aromatic carbocycles. The van der Waals surface area contributed by atoms with E-state index in [0.29, 0.717) is 17.8 Å². The Labute approximate surface area is 173 Å². The first-order valence-electron chi connectivity index (χ1n) is 10.8. The summed E-state index contributed by atoms with van der Waals surface area (Å²) in [6.45, 7) is 7.55. The Morgan fingerprint density at radius 3 is 2.72 bits per heavy atom. The first-order valence-corrected chi connectivity index (χ1v) is 11.6. The van der Waals surface area contributed by atoms with Crippen LogP contribution in [0.15, 0.2) is 9.59 Å². The van der Waals surface area contributed by atoms with Crippen LogP contribution >= 0.6 is 11.3 Å². The maximum absolute atomic E-state index is 13.3. The van der Waals surface area contributed by atoms with Gasteiger partial charge in [0.2, 0.25) is 0 Å². The van der Waals surface area contributed by atoms with Crippen molar-refractivity contribution in [2.45, 2.75) is 59.0 Å². The molecule has 2 aromatic heterocycles. The highest BCUT2D eigenvalue weighted by molar-refractivity contribution is 7.18. The van der Waals surface area contributed by atoms with E-state index in [1.807, 2.05) is 0 Å². The van der Waals surface area contributed by atoms with Crippen LogP contribution in [0.2, 0.25) is 0 Å². The number of likely N-dealkylation sites (tertiary alicyclic amines) is 1. The second kappa shape index (κ2) is 8.44. The Morgan fingerprint density at radius 1 is 1.24 bits per heavy atom. The van der Waals surface area contributed by atoms with E-state index < -0.39 is 5.97 Å². The van der Waals surface area contributed by atoms with Gasteiger partial charge in [0.05, 0.1) is 38.2 Å². The van der Waals surface area contributed by atoms with Gasteiger partial charge < -0.3 is 9.64 Å². The Bertz CT molecular complexity index is 1030. The molecule has 158 valence electrons. The number of ether oxygens (including phenoxy) is 1. The van der Waals surface area contributed by atoms with Gasteiger partial charge in [0, 0.05) is 17.7 Å². The second-order valence-electron chi connectivity index (χ2n) is 8.37. The molecule has 1 saturated heterocycles. The summed E-state index contributed by atoms with van der Waals surface area (Å²) in [5.41, 5.74) is 0.365. The second-order valence-corrected chi connectivity index (χ2v) is 9.45. The molecule has 1 fully saturated rings. The van der Waals surface area contributed by atoms with Crippen LogP contribution in [-0.4, -0.2) is 41.3 Å². The van der Waals surface area contributed by atoms with Crippen molar-refractivity contribution in [3.8, 4) is 0 Å². The van der Waals surface area contributed by atoms with E-state index in [1.165, 1.54) is 22.6 Å². The van der Waals surface area contributed by atoms with Crippen molar-refractivity contribution in [1.29, 1.82) is 0 Å². The largest absolute Gasteiger partial charge is 0.465 e. The summed E-state index contributed by atoms with van der Waals surface area (Å²) in [6.07, 6.45) is 5.39. The quantitative estimate of drug-likeness (QED) is 0.695. The lowest BCUT2D eigenvalue weighted by molar-refractivity contribution is -0.888. The van der Waals surface area contributed by atoms with Gasteiger partial charge in [0.1, 0.15) is 11.4 Å². The maximum Gasteiger partial charge on any atom is 0.332 e. The van der Waals surface area contributed by atoms with Crippen LogP contribution < -0.4 is 16.1 Å². The van der Waals surface area contributed by atoms with Crippen LogP contribution in [0.1, 0.15) is 43.6 Å². The number of nitrogens with zero attached hydrogens (tertiary/aromatic N) is 2. The number of esters is 1. The van der Waals surface area contributed by atoms with Crippen molar-refractivity contribution < 1.29 is 14.4 Å². The molecule has 1 aliphatic heterocycles. The van der Waals surface area contributed by atoms with E-state index >= 15 is 0 Å². The third kappa shape index (κ3) is 3.92. The number of fused-ring (bicyclic) bond motifs is 3. The molecule has 2 aliphatic rings. The predicted molar refractivity (Wildman–Crippen MR) is 113 cm³/mol. The first-order chi connectivity index (χ1) is 14.0. The molecular formula is C21H30N3O4S+. The standard InChI is InChI=1S/C21H29N3O4S/c1-3-28-17(25)13-24-19(26)18-15-12-14(2)6-7-16(15)29-20(18)23(21(24)27)11-10-22-8-4-5-9-22/h14H,3-13H2,1-2H3/p+1/t14-/m1/s1. The lowest BCUT2D eigenvalue weighted by Gasteiger charge is -2.18. The number of hydrogen-bond donors (Lipinski definition) is 1. The summed E-state index contributed by atoms with van der Waals surface area (Å²) in [4.78, 5) is 42.1. The minimum Gasteiger partial charge on any atom is -0.465 e. The van der Waals surface area contributed by atoms with Gasteiger partial charge in [-0.15, -0.1) is 11.3 Å². The molecule has 0 radical (unpaired) electrons. The van der Waals surface area contributed by atoms with Crippen LogP contribution in [0.25, 0.3) is 10.2 Å². The topological polar surface area (TPSA) is 74.7 Å². The minimum atomic E-state index is -0.541. The molecule has 0 spiro atoms. The van der Waals surface area contributed by atoms with Gasteiger partial charge in [-0.05, 0) is 37.7 Å². The Kier molecular flexibility index (Phi) is 5.92. The molecule has 29 heavy (non-hydrogen) atoms. The fourth-order valence-corrected chi connectivity index (χ4v) is 6.03. The monoisotopic (exact) mass is 420 g/mol. The molecule has 0 bridgehead atoms. The van der Waals surface area contributed by atoms with Gasteiger partial charge in [-0.1, -0.05) is 6.92 Å². The predicted octanol–water partition coefficient (Wildman–Crippen LogP) is 0.591. The first kappa shape index (κ1) is 20.3. The molecular weight excluding hydrogens is 390 g/mol. The summed E-state index contributed by atoms with van der Waals surface area (Å²) in [6, 6.07) is 0. The van der Waals surface area contributed by atoms with E-state index in [-0.39, 0.29) is 24.4 Å². The number of aryl methyl sites for hydroxylation is 1. The van der Waals surface area contributed by atoms with E-state index in [4.69, 9.17) is 4.74 Å². The summed E-state index contributed by atoms with van der Waals surface area (Å²) in [5, 5.41) is 0.650. The van der Waals surface area contributed by atoms with Crippen LogP contribution in [0, 0.1) is 5.92 Å². The number of thiophene rings is 1. The molecule has 2 aromatic rings. The number of rotatable bonds is 6. The van der Waals surface area contributed by atoms with Crippen molar-refractivity contribution in [2.24, 2.45) is 5.92 Å². The van der Waals surface area contributed by atoms with E-state index in [9.17, 15) is 14.4 Å². The van der Waals surface area contributed by atoms with E-state index in [1.54, 1.807) is 22.8 Å². The highest BCUT2D eigenvalue weighted by atomic mass is 32.1. The van der Waals surface area contributed by atoms with Gasteiger partial charge in [-0.2, -0.15) is 0 Å². The summed E-state index contributed by atoms with van der Waals surface area (Å²) in [7, 11) is 0. The summed E-state index contributed by atoms with van der Waals surface area (Å²) < 4.78 is 7.85. The van der Waals surface area contributed by atoms with Gasteiger partial charge >= 0.3 is 11.7 Å². The molecule has 0 amide bonds. The molecule has 3 heterocycles. The lowest BCUT2D eigenvalue weighted by atomic mass is 9.89. The molecule has 0 saturated carbocycles. The highest BCUT2D eigenvalue weighted by Crippen LogP contribution is 2.36. The zero-order chi connectivity index (χ0) is 20.5. The summed E-state index contributed by atoms with van der Waals surface area (Å²) in [5.74, 6) is -0.0205. The molecule has 1 aliphatic carbocycles. The molecule has 1 atom stereocenters. The number of aromatic nitrogens is 2. The van der Waals surface area contributed by atoms with Gasteiger partial charge in [0.15, 0.2) is 0 Å². The van der Waals surface area contributed by atoms with Crippen LogP contribution in [0.5, 0.6) is 0 Å². The average molecular weight is 421 g/mol. The van der Waals surface area contributed by atoms with Crippen molar-refractivity contribution in [2.75, 3.05) is 26.2 Å². The number of carbonyl (C=O) groups is 1. The van der Waals surface area contributed by atoms with E-state index in [0.717, 1.165) is 53.9 Å². The van der Waals surface area contributed by atoms with Crippen LogP contribution in [-0.2, 0) is 35.5 Å². The molecule has 0 unspecified atom stereocenters. The summed E-state index contributed by atoms with van der Waals surface area (Å²) >= 11 is 1.60. The number of carbonyl (C=O) groups excluding carboxylic acids is 1. The van der Waals surface area contributed by atoms with Crippen molar-refractivity contribution >= 4 is 27.5 Å². The molecule has 7 nitrogen and oxygen atoms in total. The average Bonchev–Trinajstić information content (AvgIpc) is 3.33. The Morgan fingerprint density at radius 2 is 2.00 bits per heavy atom. The number of nitrogens with one attached hydrogen (secondary N) is 1. The third-order valence-electron chi connectivity index (χ3n) is 6.25. The van der Waals surface area contributed by atoms with Crippen molar-refractivity contribution in [3.63, 3.8) is 0 Å². The van der Waals surface area contributed by atoms with Crippen LogP contribution in [0.4, 0.5) is 0 Å². The molecule has 8 heteroatoms. The maximum atomic E-state index is 13.3. The van der Waals surface area contributed by atoms with E-state index in [2.05, 4.69) is 6.92 Å². The third-order valence-corrected chi connectivity index (χ3v) is 7.56. The molecule has 1 N–H and O–H groups in total. The zero-order valence-electron chi connectivity index (χ0n) is 17.3. The van der Waals surface area contributed by atoms with Crippen LogP contribution in [0.3, 0.4) is 0 Å². The SMILES string of the molecule is CCOC(=O)Cn1c(=O)c2c3c(sc2n(CC[NH+]2CCCC2)c1=O)CC[C@@H](C)C3. The number of hydrogen-bond acceptors (Lipinski definition) is 5. The minimum absolute atomic E-state index is 0.230. The Hall–Kier alpha value is -1.93. The fourth-order valence-electron chi connectivity index (χ4n) is 4.68. The highest BCUT2D eigenvalue weighted by Gasteiger charge is 2.27. The van der Waals surface area contributed by atoms with Gasteiger partial charge in [-0.3, -0.25) is 14.2 Å². The van der Waals surface area contributed by atoms with Gasteiger partial charge in [-0.25, -0.2) is 9.36 Å². The van der Waals surface area contributed by atoms with Crippen molar-refractivity contribution in [3.05, 3.63) is 31.3 Å². The number of quaternary nitrogens is 1. The smallest absolute Gasteiger partial charge is 0.332 e. The van der Waals surface area contributed by atoms with Gasteiger partial charge in [0.25, 0.3) is 5.56 Å². The molecule has 4 rings (SSSR count). The zero-order valence-corrected chi connectivity index (χ0v) is 18.1. The Balaban J connectivity index is 1.83. The van der Waals surface area contributed by atoms with Crippen molar-refractivity contribution in [1.82, 2.24) is 9.13 Å². The fraction of sp³-hybridized carbons (Fsp3) is 0.667. The lowest BCUT2D eigenvalue weighted by Crippen LogP contribution is -3.10. The normalized spacial score (nSPS) is 19.6.